The van der Waals surface area contributed by atoms with Crippen LogP contribution in [0.3, 0.4) is 0 Å². The predicted molar refractivity (Wildman–Crippen MR) is 127 cm³/mol. The summed E-state index contributed by atoms with van der Waals surface area (Å²) < 4.78 is 5.22. The average molecular weight is 510 g/mol. The molecule has 2 unspecified atom stereocenters. The smallest absolute Gasteiger partial charge is 0.378 e. The number of amides is 5. The maximum atomic E-state index is 12.6. The van der Waals surface area contributed by atoms with Crippen LogP contribution >= 0.6 is 11.6 Å². The molecule has 0 bridgehead atoms. The number of aliphatic hydroxyl groups is 1. The molecule has 0 radical (unpaired) electrons. The topological polar surface area (TPSA) is 124 Å². The lowest BCUT2D eigenvalue weighted by Crippen LogP contribution is -2.51. The van der Waals surface area contributed by atoms with E-state index in [1.54, 1.807) is 9.80 Å². The van der Waals surface area contributed by atoms with Crippen LogP contribution in [0, 0.1) is 5.92 Å². The number of carbonyl (C=O) groups excluding carboxylic acids is 3. The van der Waals surface area contributed by atoms with E-state index >= 15 is 0 Å². The molecule has 3 saturated heterocycles. The van der Waals surface area contributed by atoms with E-state index in [0.717, 1.165) is 30.7 Å². The van der Waals surface area contributed by atoms with Crippen molar-refractivity contribution in [2.75, 3.05) is 45.9 Å². The molecule has 0 spiro atoms. The quantitative estimate of drug-likeness (QED) is 0.537. The first-order valence-corrected chi connectivity index (χ1v) is 12.4. The molecule has 12 heteroatoms. The van der Waals surface area contributed by atoms with Crippen LogP contribution in [0.1, 0.15) is 24.8 Å². The van der Waals surface area contributed by atoms with Crippen LogP contribution in [0.4, 0.5) is 14.4 Å². The van der Waals surface area contributed by atoms with E-state index in [9.17, 15) is 19.5 Å². The van der Waals surface area contributed by atoms with Gasteiger partial charge in [0, 0.05) is 37.7 Å². The third-order valence-corrected chi connectivity index (χ3v) is 6.94. The van der Waals surface area contributed by atoms with Crippen LogP contribution in [0.15, 0.2) is 24.3 Å². The number of hydrogen-bond donors (Lipinski definition) is 3. The predicted octanol–water partition coefficient (Wildman–Crippen LogP) is 1.79. The van der Waals surface area contributed by atoms with Crippen molar-refractivity contribution in [1.29, 1.82) is 0 Å². The summed E-state index contributed by atoms with van der Waals surface area (Å²) in [5, 5.41) is 17.1. The number of benzene rings is 1. The number of nitrogens with zero attached hydrogens (tertiary/aromatic N) is 3. The minimum Gasteiger partial charge on any atom is -0.378 e. The Morgan fingerprint density at radius 3 is 2.49 bits per heavy atom. The minimum absolute atomic E-state index is 0.00381. The van der Waals surface area contributed by atoms with Gasteiger partial charge in [0.1, 0.15) is 0 Å². The lowest BCUT2D eigenvalue weighted by Gasteiger charge is -2.32. The fraction of sp³-hybridized carbons (Fsp3) is 0.609. The number of carbonyl (C=O) groups is 3. The van der Waals surface area contributed by atoms with Crippen LogP contribution in [0.5, 0.6) is 0 Å². The number of piperidine rings is 1. The van der Waals surface area contributed by atoms with Crippen molar-refractivity contribution in [3.05, 3.63) is 34.9 Å². The van der Waals surface area contributed by atoms with Gasteiger partial charge in [0.2, 0.25) is 0 Å². The fourth-order valence-electron chi connectivity index (χ4n) is 4.48. The average Bonchev–Trinajstić information content (AvgIpc) is 3.15. The van der Waals surface area contributed by atoms with Crippen molar-refractivity contribution in [2.24, 2.45) is 5.92 Å². The second-order valence-electron chi connectivity index (χ2n) is 9.03. The number of morpholine rings is 1. The standard InChI is InChI=1S/C23H32ClN5O6/c24-18-5-3-16(4-6-18)1-2-17-7-9-28(10-8-17)23(33)35-29-20(30)19(26-22(29)32)15-25-21(31)27-11-13-34-14-12-27/h3-6,17,19-20,30H,1-2,7-15H2,(H,25,31)(H,26,32). The van der Waals surface area contributed by atoms with Gasteiger partial charge in [0.05, 0.1) is 19.3 Å². The van der Waals surface area contributed by atoms with Gasteiger partial charge < -0.3 is 35.1 Å². The van der Waals surface area contributed by atoms with Gasteiger partial charge >= 0.3 is 18.2 Å². The van der Waals surface area contributed by atoms with E-state index in [1.165, 1.54) is 5.56 Å². The van der Waals surface area contributed by atoms with Crippen molar-refractivity contribution in [3.63, 3.8) is 0 Å². The Morgan fingerprint density at radius 2 is 1.80 bits per heavy atom. The Morgan fingerprint density at radius 1 is 1.11 bits per heavy atom. The van der Waals surface area contributed by atoms with Gasteiger partial charge in [-0.2, -0.15) is 0 Å². The first-order chi connectivity index (χ1) is 16.9. The number of hydroxylamine groups is 2. The van der Waals surface area contributed by atoms with Crippen molar-refractivity contribution in [1.82, 2.24) is 25.5 Å². The monoisotopic (exact) mass is 509 g/mol. The van der Waals surface area contributed by atoms with Gasteiger partial charge in [-0.05, 0) is 49.3 Å². The Labute approximate surface area is 209 Å². The Bertz CT molecular complexity index is 889. The van der Waals surface area contributed by atoms with E-state index in [0.29, 0.717) is 50.4 Å². The maximum absolute atomic E-state index is 12.6. The van der Waals surface area contributed by atoms with Crippen LogP contribution < -0.4 is 10.6 Å². The van der Waals surface area contributed by atoms with Crippen LogP contribution in [-0.2, 0) is 16.0 Å². The van der Waals surface area contributed by atoms with E-state index in [1.807, 2.05) is 24.3 Å². The first kappa shape index (κ1) is 25.3. The first-order valence-electron chi connectivity index (χ1n) is 12.0. The molecule has 2 atom stereocenters. The lowest BCUT2D eigenvalue weighted by molar-refractivity contribution is -0.151. The highest BCUT2D eigenvalue weighted by Crippen LogP contribution is 2.24. The number of urea groups is 2. The summed E-state index contributed by atoms with van der Waals surface area (Å²) in [5.74, 6) is 0.495. The third kappa shape index (κ3) is 6.68. The van der Waals surface area contributed by atoms with Crippen LogP contribution in [-0.4, -0.2) is 96.3 Å². The molecule has 3 fully saturated rings. The molecule has 0 aromatic heterocycles. The molecule has 3 heterocycles. The van der Waals surface area contributed by atoms with Crippen molar-refractivity contribution in [2.45, 2.75) is 38.0 Å². The second kappa shape index (κ2) is 11.8. The summed E-state index contributed by atoms with van der Waals surface area (Å²) in [7, 11) is 0. The molecule has 5 amide bonds. The highest BCUT2D eigenvalue weighted by Gasteiger charge is 2.42. The molecular formula is C23H32ClN5O6. The SMILES string of the molecule is O=C(NCC1NC(=O)N(OC(=O)N2CCC(CCc3ccc(Cl)cc3)CC2)C1O)N1CCOCC1. The molecule has 0 saturated carbocycles. The number of rotatable bonds is 6. The normalized spacial score (nSPS) is 23.3. The zero-order valence-corrected chi connectivity index (χ0v) is 20.3. The molecule has 1 aromatic carbocycles. The number of aryl methyl sites for hydroxylation is 1. The van der Waals surface area contributed by atoms with Crippen molar-refractivity contribution < 1.29 is 29.1 Å². The van der Waals surface area contributed by atoms with Gasteiger partial charge in [0.25, 0.3) is 0 Å². The molecule has 1 aromatic rings. The molecule has 11 nitrogen and oxygen atoms in total. The van der Waals surface area contributed by atoms with E-state index in [2.05, 4.69) is 10.6 Å². The largest absolute Gasteiger partial charge is 0.434 e. The number of hydrogen-bond acceptors (Lipinski definition) is 6. The van der Waals surface area contributed by atoms with Gasteiger partial charge in [0.15, 0.2) is 6.23 Å². The summed E-state index contributed by atoms with van der Waals surface area (Å²) in [5.41, 5.74) is 1.24. The molecular weight excluding hydrogens is 478 g/mol. The highest BCUT2D eigenvalue weighted by molar-refractivity contribution is 6.30. The van der Waals surface area contributed by atoms with Gasteiger partial charge in [-0.1, -0.05) is 23.7 Å². The Hall–Kier alpha value is -2.76. The van der Waals surface area contributed by atoms with Gasteiger partial charge in [-0.25, -0.2) is 14.4 Å². The minimum atomic E-state index is -1.41. The molecule has 35 heavy (non-hydrogen) atoms. The Balaban J connectivity index is 1.18. The fourth-order valence-corrected chi connectivity index (χ4v) is 4.60. The summed E-state index contributed by atoms with van der Waals surface area (Å²) in [6.07, 6.45) is 1.58. The van der Waals surface area contributed by atoms with E-state index in [4.69, 9.17) is 21.2 Å². The molecule has 0 aliphatic carbocycles. The summed E-state index contributed by atoms with van der Waals surface area (Å²) >= 11 is 5.93. The molecule has 3 aliphatic heterocycles. The summed E-state index contributed by atoms with van der Waals surface area (Å²) in [6, 6.07) is 6.00. The molecule has 3 N–H and O–H groups in total. The van der Waals surface area contributed by atoms with Gasteiger partial charge in [-0.15, -0.1) is 5.06 Å². The summed E-state index contributed by atoms with van der Waals surface area (Å²) in [4.78, 5) is 45.5. The van der Waals surface area contributed by atoms with Crippen molar-refractivity contribution >= 4 is 29.8 Å². The zero-order chi connectivity index (χ0) is 24.8. The number of aliphatic hydroxyl groups excluding tert-OH is 1. The molecule has 3 aliphatic rings. The van der Waals surface area contributed by atoms with Crippen LogP contribution in [0.25, 0.3) is 0 Å². The van der Waals surface area contributed by atoms with Crippen molar-refractivity contribution in [3.8, 4) is 0 Å². The molecule has 4 rings (SSSR count). The number of nitrogens with one attached hydrogen (secondary N) is 2. The van der Waals surface area contributed by atoms with E-state index in [-0.39, 0.29) is 12.6 Å². The van der Waals surface area contributed by atoms with E-state index < -0.39 is 24.4 Å². The van der Waals surface area contributed by atoms with Gasteiger partial charge in [-0.3, -0.25) is 0 Å². The zero-order valence-electron chi connectivity index (χ0n) is 19.5. The summed E-state index contributed by atoms with van der Waals surface area (Å²) in [6.45, 7) is 2.94. The highest BCUT2D eigenvalue weighted by atomic mass is 35.5. The number of ether oxygens (including phenoxy) is 1. The maximum Gasteiger partial charge on any atom is 0.434 e. The number of halogens is 1. The number of likely N-dealkylation sites (tertiary alicyclic amines) is 1. The second-order valence-corrected chi connectivity index (χ2v) is 9.47. The lowest BCUT2D eigenvalue weighted by atomic mass is 9.91. The molecule has 192 valence electrons. The Kier molecular flexibility index (Phi) is 8.53. The third-order valence-electron chi connectivity index (χ3n) is 6.68. The van der Waals surface area contributed by atoms with Crippen LogP contribution in [0.2, 0.25) is 5.02 Å².